The van der Waals surface area contributed by atoms with Crippen molar-refractivity contribution in [3.8, 4) is 55.9 Å². The van der Waals surface area contributed by atoms with E-state index in [4.69, 9.17) is 11.6 Å². The lowest BCUT2D eigenvalue weighted by atomic mass is 9.70. The normalized spacial score (nSPS) is 12.6. The van der Waals surface area contributed by atoms with Crippen LogP contribution in [0.1, 0.15) is 22.3 Å². The topological polar surface area (TPSA) is 16.3 Å². The molecule has 4 nitrogen and oxygen atoms in total. The minimum atomic E-state index is -0.597. The molecule has 90 heavy (non-hydrogen) atoms. The van der Waals surface area contributed by atoms with Gasteiger partial charge in [-0.3, -0.25) is 0 Å². The van der Waals surface area contributed by atoms with E-state index in [2.05, 4.69) is 353 Å². The van der Waals surface area contributed by atoms with E-state index < -0.39 is 5.41 Å². The molecule has 0 radical (unpaired) electrons. The SMILES string of the molecule is Clc1c(N(c2ccc(-c3ccccc3)cc2)c2ccc(-c3ccccc3)cc2)cc(-n2c3ccccc3c3ccccc32)cc1N(c1cccc(-n2c3ccccc3c3ccccc32)c1)c1ccc2c(c1)C1(c3ccccc3-c3ccccc31)c1ccccc1-2. The maximum atomic E-state index is 8.66. The van der Waals surface area contributed by atoms with Crippen molar-refractivity contribution in [2.24, 2.45) is 0 Å². The summed E-state index contributed by atoms with van der Waals surface area (Å²) in [5.41, 5.74) is 26.0. The Hall–Kier alpha value is -11.4. The van der Waals surface area contributed by atoms with E-state index in [0.717, 1.165) is 89.8 Å². The molecule has 0 bridgehead atoms. The molecule has 0 N–H and O–H groups in total. The van der Waals surface area contributed by atoms with Crippen molar-refractivity contribution in [3.05, 3.63) is 361 Å². The van der Waals surface area contributed by atoms with E-state index in [1.807, 2.05) is 0 Å². The molecule has 0 atom stereocenters. The van der Waals surface area contributed by atoms with Crippen molar-refractivity contribution in [3.63, 3.8) is 0 Å². The van der Waals surface area contributed by atoms with Gasteiger partial charge in [-0.05, 0) is 158 Å². The molecule has 16 aromatic rings. The van der Waals surface area contributed by atoms with Crippen molar-refractivity contribution in [2.75, 3.05) is 9.80 Å². The number of rotatable bonds is 10. The standard InChI is InChI=1S/C85H55ClN4/c86-84-82(87(60-46-42-58(43-47-60)56-22-3-1-4-23-56)61-48-44-59(45-49-61)57-24-5-2-6-25-57)54-65(90-80-40-19-12-33-72(80)73-34-13-20-41-81(73)90)55-83(84)88(62-26-21-27-63(52-62)89-78-38-17-10-31-70(78)71-32-11-18-39-79(71)89)64-50-51-69-68-30-9-16-37-76(68)85(77(69)53-64)74-35-14-7-28-66(74)67-29-8-15-36-75(67)85/h1-55H. The molecule has 2 heterocycles. The summed E-state index contributed by atoms with van der Waals surface area (Å²) >= 11 is 8.66. The van der Waals surface area contributed by atoms with Crippen LogP contribution in [0.15, 0.2) is 334 Å². The average molecular weight is 1170 g/mol. The van der Waals surface area contributed by atoms with Gasteiger partial charge in [0.1, 0.15) is 0 Å². The summed E-state index contributed by atoms with van der Waals surface area (Å²) < 4.78 is 4.84. The first-order valence-electron chi connectivity index (χ1n) is 30.8. The quantitative estimate of drug-likeness (QED) is 0.136. The van der Waals surface area contributed by atoms with Crippen LogP contribution in [0.5, 0.6) is 0 Å². The summed E-state index contributed by atoms with van der Waals surface area (Å²) in [4.78, 5) is 4.78. The molecule has 422 valence electrons. The Morgan fingerprint density at radius 2 is 0.589 bits per heavy atom. The number of nitrogens with zero attached hydrogens (tertiary/aromatic N) is 4. The van der Waals surface area contributed by atoms with Gasteiger partial charge in [-0.25, -0.2) is 0 Å². The summed E-state index contributed by atoms with van der Waals surface area (Å²) in [6, 6.07) is 122. The van der Waals surface area contributed by atoms with E-state index in [-0.39, 0.29) is 0 Å². The number of anilines is 6. The molecule has 2 aliphatic rings. The Kier molecular flexibility index (Phi) is 11.8. The fraction of sp³-hybridized carbons (Fsp3) is 0.0118. The van der Waals surface area contributed by atoms with E-state index in [1.165, 1.54) is 66.1 Å². The minimum absolute atomic E-state index is 0.580. The lowest BCUT2D eigenvalue weighted by Crippen LogP contribution is -2.26. The summed E-state index contributed by atoms with van der Waals surface area (Å²) in [6.07, 6.45) is 0. The molecule has 18 rings (SSSR count). The van der Waals surface area contributed by atoms with Gasteiger partial charge in [-0.15, -0.1) is 0 Å². The first-order chi connectivity index (χ1) is 44.6. The lowest BCUT2D eigenvalue weighted by molar-refractivity contribution is 0.793. The van der Waals surface area contributed by atoms with E-state index in [1.54, 1.807) is 0 Å². The highest BCUT2D eigenvalue weighted by atomic mass is 35.5. The van der Waals surface area contributed by atoms with Crippen LogP contribution < -0.4 is 9.80 Å². The molecule has 0 unspecified atom stereocenters. The minimum Gasteiger partial charge on any atom is -0.309 e. The zero-order valence-electron chi connectivity index (χ0n) is 48.9. The highest BCUT2D eigenvalue weighted by Gasteiger charge is 2.51. The van der Waals surface area contributed by atoms with Crippen LogP contribution in [-0.2, 0) is 5.41 Å². The summed E-state index contributed by atoms with van der Waals surface area (Å²) in [5, 5.41) is 5.34. The van der Waals surface area contributed by atoms with Gasteiger partial charge in [0.25, 0.3) is 0 Å². The lowest BCUT2D eigenvalue weighted by Gasteiger charge is -2.34. The van der Waals surface area contributed by atoms with Gasteiger partial charge >= 0.3 is 0 Å². The second kappa shape index (κ2) is 20.6. The molecule has 1 spiro atoms. The van der Waals surface area contributed by atoms with E-state index >= 15 is 0 Å². The smallest absolute Gasteiger partial charge is 0.0888 e. The van der Waals surface area contributed by atoms with Crippen molar-refractivity contribution in [1.29, 1.82) is 0 Å². The second-order valence-corrected chi connectivity index (χ2v) is 24.0. The molecule has 0 saturated carbocycles. The number of para-hydroxylation sites is 4. The first-order valence-corrected chi connectivity index (χ1v) is 31.2. The highest BCUT2D eigenvalue weighted by Crippen LogP contribution is 2.64. The van der Waals surface area contributed by atoms with Gasteiger partial charge in [0.15, 0.2) is 0 Å². The van der Waals surface area contributed by atoms with Crippen LogP contribution in [0.3, 0.4) is 0 Å². The molecular weight excluding hydrogens is 1110 g/mol. The maximum absolute atomic E-state index is 8.66. The summed E-state index contributed by atoms with van der Waals surface area (Å²) in [5.74, 6) is 0. The van der Waals surface area contributed by atoms with Crippen LogP contribution in [0, 0.1) is 0 Å². The van der Waals surface area contributed by atoms with Crippen LogP contribution in [0.4, 0.5) is 34.1 Å². The van der Waals surface area contributed by atoms with Crippen molar-refractivity contribution >= 4 is 89.3 Å². The number of hydrogen-bond acceptors (Lipinski definition) is 2. The van der Waals surface area contributed by atoms with Crippen LogP contribution in [0.25, 0.3) is 99.5 Å². The molecule has 0 aliphatic heterocycles. The van der Waals surface area contributed by atoms with E-state index in [9.17, 15) is 0 Å². The van der Waals surface area contributed by atoms with Gasteiger partial charge in [-0.1, -0.05) is 254 Å². The Bertz CT molecular complexity index is 5250. The Morgan fingerprint density at radius 3 is 1.04 bits per heavy atom. The van der Waals surface area contributed by atoms with Crippen LogP contribution in [-0.4, -0.2) is 9.13 Å². The zero-order valence-corrected chi connectivity index (χ0v) is 49.7. The predicted octanol–water partition coefficient (Wildman–Crippen LogP) is 23.2. The number of halogens is 1. The van der Waals surface area contributed by atoms with Gasteiger partial charge in [0, 0.05) is 50.0 Å². The third kappa shape index (κ3) is 7.81. The molecule has 2 aromatic heterocycles. The summed E-state index contributed by atoms with van der Waals surface area (Å²) in [7, 11) is 0. The number of fused-ring (bicyclic) bond motifs is 16. The maximum Gasteiger partial charge on any atom is 0.0888 e. The number of hydrogen-bond donors (Lipinski definition) is 0. The Morgan fingerprint density at radius 1 is 0.244 bits per heavy atom. The number of benzene rings is 14. The third-order valence-electron chi connectivity index (χ3n) is 19.0. The molecule has 5 heteroatoms. The predicted molar refractivity (Wildman–Crippen MR) is 377 cm³/mol. The van der Waals surface area contributed by atoms with Gasteiger partial charge in [0.2, 0.25) is 0 Å². The molecule has 0 saturated heterocycles. The van der Waals surface area contributed by atoms with Crippen molar-refractivity contribution in [1.82, 2.24) is 9.13 Å². The Balaban J connectivity index is 0.944. The monoisotopic (exact) mass is 1170 g/mol. The van der Waals surface area contributed by atoms with Gasteiger partial charge in [-0.2, -0.15) is 0 Å². The highest BCUT2D eigenvalue weighted by molar-refractivity contribution is 6.37. The fourth-order valence-corrected chi connectivity index (χ4v) is 15.4. The largest absolute Gasteiger partial charge is 0.309 e. The number of aromatic nitrogens is 2. The molecule has 2 aliphatic carbocycles. The van der Waals surface area contributed by atoms with E-state index in [0.29, 0.717) is 5.02 Å². The van der Waals surface area contributed by atoms with Crippen molar-refractivity contribution < 1.29 is 0 Å². The first kappa shape index (κ1) is 51.8. The molecule has 0 fully saturated rings. The zero-order chi connectivity index (χ0) is 59.4. The average Bonchev–Trinajstić information content (AvgIpc) is 1.51. The summed E-state index contributed by atoms with van der Waals surface area (Å²) in [6.45, 7) is 0. The van der Waals surface area contributed by atoms with Gasteiger partial charge in [0.05, 0.1) is 49.6 Å². The van der Waals surface area contributed by atoms with Gasteiger partial charge < -0.3 is 18.9 Å². The van der Waals surface area contributed by atoms with Crippen LogP contribution >= 0.6 is 11.6 Å². The molecule has 14 aromatic carbocycles. The molecular formula is C85H55ClN4. The van der Waals surface area contributed by atoms with Crippen molar-refractivity contribution in [2.45, 2.75) is 5.41 Å². The third-order valence-corrected chi connectivity index (χ3v) is 19.4. The Labute approximate surface area is 527 Å². The van der Waals surface area contributed by atoms with Crippen LogP contribution in [0.2, 0.25) is 5.02 Å². The fourth-order valence-electron chi connectivity index (χ4n) is 15.2. The molecule has 0 amide bonds. The second-order valence-electron chi connectivity index (χ2n) is 23.7.